The lowest BCUT2D eigenvalue weighted by Gasteiger charge is -2.33. The minimum Gasteiger partial charge on any atom is -0.371 e. The molecule has 0 saturated carbocycles. The van der Waals surface area contributed by atoms with Gasteiger partial charge in [0.25, 0.3) is 0 Å². The predicted molar refractivity (Wildman–Crippen MR) is 67.2 cm³/mol. The number of hydrogen-bond donors (Lipinski definition) is 1. The molecule has 92 valence electrons. The van der Waals surface area contributed by atoms with Crippen molar-refractivity contribution in [2.45, 2.75) is 31.6 Å². The van der Waals surface area contributed by atoms with Crippen LogP contribution in [-0.2, 0) is 11.3 Å². The Bertz CT molecular complexity index is 414. The summed E-state index contributed by atoms with van der Waals surface area (Å²) in [6.07, 6.45) is 4.76. The number of nitrogens with two attached hydrogens (primary N) is 1. The Kier molecular flexibility index (Phi) is 2.94. The summed E-state index contributed by atoms with van der Waals surface area (Å²) >= 11 is 6.33. The van der Waals surface area contributed by atoms with Gasteiger partial charge in [-0.25, -0.2) is 4.98 Å². The molecule has 0 amide bonds. The summed E-state index contributed by atoms with van der Waals surface area (Å²) in [4.78, 5) is 6.62. The van der Waals surface area contributed by atoms with Crippen LogP contribution in [0.4, 0.5) is 5.82 Å². The van der Waals surface area contributed by atoms with E-state index in [1.165, 1.54) is 0 Å². The lowest BCUT2D eigenvalue weighted by atomic mass is 10.2. The summed E-state index contributed by atoms with van der Waals surface area (Å²) in [5, 5.41) is 0.691. The number of rotatable bonds is 2. The molecule has 3 rings (SSSR count). The summed E-state index contributed by atoms with van der Waals surface area (Å²) in [6.45, 7) is 2.22. The zero-order chi connectivity index (χ0) is 11.8. The van der Waals surface area contributed by atoms with Crippen molar-refractivity contribution in [3.8, 4) is 0 Å². The molecule has 0 aromatic carbocycles. The van der Waals surface area contributed by atoms with Crippen LogP contribution in [0.3, 0.4) is 0 Å². The van der Waals surface area contributed by atoms with E-state index in [9.17, 15) is 0 Å². The molecule has 2 N–H and O–H groups in total. The lowest BCUT2D eigenvalue weighted by Crippen LogP contribution is -2.43. The van der Waals surface area contributed by atoms with Crippen molar-refractivity contribution < 1.29 is 4.74 Å². The van der Waals surface area contributed by atoms with Crippen LogP contribution in [0.15, 0.2) is 12.3 Å². The van der Waals surface area contributed by atoms with Gasteiger partial charge in [-0.1, -0.05) is 11.6 Å². The molecule has 2 aliphatic rings. The van der Waals surface area contributed by atoms with Crippen molar-refractivity contribution in [3.05, 3.63) is 22.8 Å². The van der Waals surface area contributed by atoms with Gasteiger partial charge in [0.1, 0.15) is 5.82 Å². The van der Waals surface area contributed by atoms with Gasteiger partial charge >= 0.3 is 0 Å². The van der Waals surface area contributed by atoms with Gasteiger partial charge in [0.05, 0.1) is 17.2 Å². The van der Waals surface area contributed by atoms with Crippen LogP contribution in [0.5, 0.6) is 0 Å². The predicted octanol–water partition coefficient (Wildman–Crippen LogP) is 1.56. The standard InChI is InChI=1S/C12H16ClN3O/c13-11-8(5-14)3-4-15-12(11)16-6-9-1-2-10(7-16)17-9/h3-4,9-10H,1-2,5-7,14H2. The van der Waals surface area contributed by atoms with Gasteiger partial charge in [-0.05, 0) is 24.5 Å². The molecule has 2 fully saturated rings. The SMILES string of the molecule is NCc1ccnc(N2CC3CCC(C2)O3)c1Cl. The topological polar surface area (TPSA) is 51.4 Å². The van der Waals surface area contributed by atoms with E-state index >= 15 is 0 Å². The Labute approximate surface area is 106 Å². The lowest BCUT2D eigenvalue weighted by molar-refractivity contribution is 0.0302. The molecule has 1 aromatic rings. The highest BCUT2D eigenvalue weighted by molar-refractivity contribution is 6.33. The summed E-state index contributed by atoms with van der Waals surface area (Å²) in [5.41, 5.74) is 6.61. The Morgan fingerprint density at radius 3 is 2.76 bits per heavy atom. The second-order valence-electron chi connectivity index (χ2n) is 4.67. The normalized spacial score (nSPS) is 27.5. The molecule has 2 bridgehead atoms. The van der Waals surface area contributed by atoms with Crippen molar-refractivity contribution in [2.24, 2.45) is 5.73 Å². The number of fused-ring (bicyclic) bond motifs is 2. The van der Waals surface area contributed by atoms with Crippen LogP contribution >= 0.6 is 11.6 Å². The van der Waals surface area contributed by atoms with Crippen LogP contribution in [0.2, 0.25) is 5.02 Å². The smallest absolute Gasteiger partial charge is 0.147 e. The van der Waals surface area contributed by atoms with E-state index in [1.807, 2.05) is 6.07 Å². The maximum absolute atomic E-state index is 6.33. The monoisotopic (exact) mass is 253 g/mol. The van der Waals surface area contributed by atoms with Crippen LogP contribution in [0.25, 0.3) is 0 Å². The number of anilines is 1. The summed E-state index contributed by atoms with van der Waals surface area (Å²) < 4.78 is 5.81. The Morgan fingerprint density at radius 1 is 1.41 bits per heavy atom. The maximum atomic E-state index is 6.33. The number of nitrogens with zero attached hydrogens (tertiary/aromatic N) is 2. The molecule has 2 atom stereocenters. The van der Waals surface area contributed by atoms with E-state index in [0.29, 0.717) is 23.8 Å². The van der Waals surface area contributed by atoms with Crippen molar-refractivity contribution in [2.75, 3.05) is 18.0 Å². The zero-order valence-corrected chi connectivity index (χ0v) is 10.4. The number of ether oxygens (including phenoxy) is 1. The van der Waals surface area contributed by atoms with E-state index in [4.69, 9.17) is 22.1 Å². The molecular weight excluding hydrogens is 238 g/mol. The highest BCUT2D eigenvalue weighted by Gasteiger charge is 2.34. The van der Waals surface area contributed by atoms with Gasteiger partial charge in [-0.3, -0.25) is 0 Å². The molecular formula is C12H16ClN3O. The van der Waals surface area contributed by atoms with E-state index in [1.54, 1.807) is 6.20 Å². The number of aromatic nitrogens is 1. The fourth-order valence-corrected chi connectivity index (χ4v) is 2.95. The van der Waals surface area contributed by atoms with Crippen LogP contribution in [0, 0.1) is 0 Å². The highest BCUT2D eigenvalue weighted by atomic mass is 35.5. The zero-order valence-electron chi connectivity index (χ0n) is 9.60. The van der Waals surface area contributed by atoms with E-state index < -0.39 is 0 Å². The number of halogens is 1. The molecule has 3 heterocycles. The number of morpholine rings is 1. The summed E-state index contributed by atoms with van der Waals surface area (Å²) in [5.74, 6) is 0.856. The first-order chi connectivity index (χ1) is 8.28. The average molecular weight is 254 g/mol. The summed E-state index contributed by atoms with van der Waals surface area (Å²) in [6, 6.07) is 1.88. The third-order valence-electron chi connectivity index (χ3n) is 3.51. The first-order valence-electron chi connectivity index (χ1n) is 6.02. The molecule has 2 unspecified atom stereocenters. The van der Waals surface area contributed by atoms with Crippen LogP contribution < -0.4 is 10.6 Å². The Morgan fingerprint density at radius 2 is 2.12 bits per heavy atom. The largest absolute Gasteiger partial charge is 0.371 e. The fourth-order valence-electron chi connectivity index (χ4n) is 2.64. The Balaban J connectivity index is 1.89. The van der Waals surface area contributed by atoms with Crippen LogP contribution in [-0.4, -0.2) is 30.3 Å². The third kappa shape index (κ3) is 2.01. The van der Waals surface area contributed by atoms with E-state index in [-0.39, 0.29) is 0 Å². The average Bonchev–Trinajstić information content (AvgIpc) is 2.68. The van der Waals surface area contributed by atoms with Gasteiger partial charge in [-0.2, -0.15) is 0 Å². The number of pyridine rings is 1. The van der Waals surface area contributed by atoms with Gasteiger partial charge < -0.3 is 15.4 Å². The van der Waals surface area contributed by atoms with Gasteiger partial charge in [0.2, 0.25) is 0 Å². The van der Waals surface area contributed by atoms with Gasteiger partial charge in [-0.15, -0.1) is 0 Å². The third-order valence-corrected chi connectivity index (χ3v) is 3.93. The van der Waals surface area contributed by atoms with Crippen molar-refractivity contribution in [3.63, 3.8) is 0 Å². The molecule has 0 aliphatic carbocycles. The fraction of sp³-hybridized carbons (Fsp3) is 0.583. The molecule has 0 radical (unpaired) electrons. The maximum Gasteiger partial charge on any atom is 0.147 e. The van der Waals surface area contributed by atoms with Gasteiger partial charge in [0, 0.05) is 25.8 Å². The molecule has 2 saturated heterocycles. The second-order valence-corrected chi connectivity index (χ2v) is 5.05. The molecule has 2 aliphatic heterocycles. The minimum absolute atomic E-state index is 0.341. The minimum atomic E-state index is 0.341. The quantitative estimate of drug-likeness (QED) is 0.869. The summed E-state index contributed by atoms with van der Waals surface area (Å²) in [7, 11) is 0. The molecule has 0 spiro atoms. The van der Waals surface area contributed by atoms with Crippen LogP contribution in [0.1, 0.15) is 18.4 Å². The number of hydrogen-bond acceptors (Lipinski definition) is 4. The molecule has 1 aromatic heterocycles. The molecule has 17 heavy (non-hydrogen) atoms. The molecule has 4 nitrogen and oxygen atoms in total. The first-order valence-corrected chi connectivity index (χ1v) is 6.39. The molecule has 5 heteroatoms. The highest BCUT2D eigenvalue weighted by Crippen LogP contribution is 2.33. The van der Waals surface area contributed by atoms with E-state index in [0.717, 1.165) is 37.3 Å². The first kappa shape index (κ1) is 11.3. The van der Waals surface area contributed by atoms with E-state index in [2.05, 4.69) is 9.88 Å². The van der Waals surface area contributed by atoms with Crippen molar-refractivity contribution >= 4 is 17.4 Å². The van der Waals surface area contributed by atoms with Crippen molar-refractivity contribution in [1.29, 1.82) is 0 Å². The Hall–Kier alpha value is -0.840. The van der Waals surface area contributed by atoms with Crippen molar-refractivity contribution in [1.82, 2.24) is 4.98 Å². The van der Waals surface area contributed by atoms with Gasteiger partial charge in [0.15, 0.2) is 0 Å². The second kappa shape index (κ2) is 4.44.